The molecule has 2 aromatic rings. The summed E-state index contributed by atoms with van der Waals surface area (Å²) in [6, 6.07) is 12.3. The van der Waals surface area contributed by atoms with Gasteiger partial charge in [-0.3, -0.25) is 4.79 Å². The topological polar surface area (TPSA) is 37.3 Å². The van der Waals surface area contributed by atoms with Crippen molar-refractivity contribution in [2.24, 2.45) is 0 Å². The number of carbonyl (C=O) groups is 1. The smallest absolute Gasteiger partial charge is 0.310 e. The van der Waals surface area contributed by atoms with Gasteiger partial charge in [-0.05, 0) is 30.5 Å². The van der Waals surface area contributed by atoms with E-state index in [-0.39, 0.29) is 18.4 Å². The molecule has 0 fully saturated rings. The summed E-state index contributed by atoms with van der Waals surface area (Å²) in [5, 5.41) is 9.26. The molecule has 0 aromatic heterocycles. The molecule has 2 aromatic carbocycles. The third-order valence-corrected chi connectivity index (χ3v) is 3.24. The molecule has 0 amide bonds. The van der Waals surface area contributed by atoms with E-state index in [2.05, 4.69) is 0 Å². The lowest BCUT2D eigenvalue weighted by atomic mass is 9.92. The van der Waals surface area contributed by atoms with Crippen LogP contribution in [0.4, 0.5) is 8.78 Å². The van der Waals surface area contributed by atoms with E-state index < -0.39 is 23.5 Å². The monoisotopic (exact) mass is 276 g/mol. The summed E-state index contributed by atoms with van der Waals surface area (Å²) in [5.41, 5.74) is 0.575. The van der Waals surface area contributed by atoms with Gasteiger partial charge in [0.25, 0.3) is 0 Å². The largest absolute Gasteiger partial charge is 0.481 e. The summed E-state index contributed by atoms with van der Waals surface area (Å²) in [7, 11) is 0. The number of benzene rings is 2. The molecule has 0 aliphatic rings. The van der Waals surface area contributed by atoms with E-state index in [0.717, 1.165) is 0 Å². The summed E-state index contributed by atoms with van der Waals surface area (Å²) in [6.07, 6.45) is 0.196. The molecule has 0 spiro atoms. The molecule has 104 valence electrons. The van der Waals surface area contributed by atoms with Crippen molar-refractivity contribution in [3.63, 3.8) is 0 Å². The van der Waals surface area contributed by atoms with Crippen LogP contribution in [0.2, 0.25) is 0 Å². The van der Waals surface area contributed by atoms with E-state index in [1.165, 1.54) is 18.2 Å². The maximum atomic E-state index is 13.5. The molecule has 0 bridgehead atoms. The first-order chi connectivity index (χ1) is 9.59. The fraction of sp³-hybridized carbons (Fsp3) is 0.188. The second-order valence-corrected chi connectivity index (χ2v) is 4.54. The Bertz CT molecular complexity index is 576. The van der Waals surface area contributed by atoms with Crippen molar-refractivity contribution in [1.29, 1.82) is 0 Å². The standard InChI is InChI=1S/C16H14F2O2/c17-14-7-4-8-15(18)13(14)10-9-12(16(19)20)11-5-2-1-3-6-11/h1-8,12H,9-10H2,(H,19,20). The van der Waals surface area contributed by atoms with Gasteiger partial charge >= 0.3 is 5.97 Å². The van der Waals surface area contributed by atoms with E-state index in [0.29, 0.717) is 5.56 Å². The lowest BCUT2D eigenvalue weighted by Gasteiger charge is -2.13. The maximum Gasteiger partial charge on any atom is 0.310 e. The molecule has 4 heteroatoms. The Balaban J connectivity index is 2.17. The number of aliphatic carboxylic acids is 1. The zero-order chi connectivity index (χ0) is 14.5. The molecular weight excluding hydrogens is 262 g/mol. The average Bonchev–Trinajstić information content (AvgIpc) is 2.43. The van der Waals surface area contributed by atoms with Gasteiger partial charge in [-0.25, -0.2) is 8.78 Å². The molecule has 1 N–H and O–H groups in total. The lowest BCUT2D eigenvalue weighted by molar-refractivity contribution is -0.139. The molecule has 0 aliphatic heterocycles. The van der Waals surface area contributed by atoms with Crippen LogP contribution < -0.4 is 0 Å². The van der Waals surface area contributed by atoms with Crippen LogP contribution in [0.1, 0.15) is 23.5 Å². The van der Waals surface area contributed by atoms with E-state index in [4.69, 9.17) is 0 Å². The number of hydrogen-bond acceptors (Lipinski definition) is 1. The van der Waals surface area contributed by atoms with Crippen LogP contribution in [0.5, 0.6) is 0 Å². The third-order valence-electron chi connectivity index (χ3n) is 3.24. The van der Waals surface area contributed by atoms with Gasteiger partial charge in [0.05, 0.1) is 5.92 Å². The van der Waals surface area contributed by atoms with Crippen LogP contribution in [0, 0.1) is 11.6 Å². The highest BCUT2D eigenvalue weighted by Crippen LogP contribution is 2.24. The number of carboxylic acids is 1. The van der Waals surface area contributed by atoms with Gasteiger partial charge in [-0.2, -0.15) is 0 Å². The molecule has 2 rings (SSSR count). The predicted octanol–water partition coefficient (Wildman–Crippen LogP) is 3.77. The fourth-order valence-corrected chi connectivity index (χ4v) is 2.18. The highest BCUT2D eigenvalue weighted by atomic mass is 19.1. The van der Waals surface area contributed by atoms with Crippen LogP contribution in [0.3, 0.4) is 0 Å². The summed E-state index contributed by atoms with van der Waals surface area (Å²) in [4.78, 5) is 11.3. The third kappa shape index (κ3) is 3.20. The highest BCUT2D eigenvalue weighted by molar-refractivity contribution is 5.76. The molecule has 0 heterocycles. The van der Waals surface area contributed by atoms with Crippen molar-refractivity contribution in [2.75, 3.05) is 0 Å². The van der Waals surface area contributed by atoms with Crippen molar-refractivity contribution in [3.8, 4) is 0 Å². The molecule has 0 saturated heterocycles. The summed E-state index contributed by atoms with van der Waals surface area (Å²) < 4.78 is 27.0. The van der Waals surface area contributed by atoms with Crippen molar-refractivity contribution in [2.45, 2.75) is 18.8 Å². The average molecular weight is 276 g/mol. The molecular formula is C16H14F2O2. The second kappa shape index (κ2) is 6.28. The van der Waals surface area contributed by atoms with Crippen LogP contribution in [-0.2, 0) is 11.2 Å². The minimum atomic E-state index is -0.993. The number of rotatable bonds is 5. The van der Waals surface area contributed by atoms with Gasteiger partial charge in [-0.15, -0.1) is 0 Å². The predicted molar refractivity (Wildman–Crippen MR) is 71.5 cm³/mol. The Kier molecular flexibility index (Phi) is 4.45. The number of hydrogen-bond donors (Lipinski definition) is 1. The van der Waals surface area contributed by atoms with E-state index >= 15 is 0 Å². The Morgan fingerprint density at radius 2 is 1.60 bits per heavy atom. The molecule has 0 radical (unpaired) electrons. The first kappa shape index (κ1) is 14.2. The molecule has 1 atom stereocenters. The zero-order valence-corrected chi connectivity index (χ0v) is 10.7. The lowest BCUT2D eigenvalue weighted by Crippen LogP contribution is -2.13. The summed E-state index contributed by atoms with van der Waals surface area (Å²) >= 11 is 0. The summed E-state index contributed by atoms with van der Waals surface area (Å²) in [5.74, 6) is -3.03. The van der Waals surface area contributed by atoms with Gasteiger partial charge < -0.3 is 5.11 Å². The SMILES string of the molecule is O=C(O)C(CCc1c(F)cccc1F)c1ccccc1. The highest BCUT2D eigenvalue weighted by Gasteiger charge is 2.21. The van der Waals surface area contributed by atoms with Crippen LogP contribution in [-0.4, -0.2) is 11.1 Å². The molecule has 0 saturated carbocycles. The second-order valence-electron chi connectivity index (χ2n) is 4.54. The first-order valence-corrected chi connectivity index (χ1v) is 6.30. The van der Waals surface area contributed by atoms with Gasteiger partial charge in [0.1, 0.15) is 11.6 Å². The van der Waals surface area contributed by atoms with Gasteiger partial charge in [0.15, 0.2) is 0 Å². The number of carboxylic acid groups (broad SMARTS) is 1. The molecule has 0 aliphatic carbocycles. The van der Waals surface area contributed by atoms with E-state index in [1.54, 1.807) is 30.3 Å². The van der Waals surface area contributed by atoms with Crippen LogP contribution in [0.25, 0.3) is 0 Å². The minimum absolute atomic E-state index is 0.0460. The van der Waals surface area contributed by atoms with Crippen molar-refractivity contribution >= 4 is 5.97 Å². The van der Waals surface area contributed by atoms with Gasteiger partial charge in [-0.1, -0.05) is 36.4 Å². The molecule has 2 nitrogen and oxygen atoms in total. The quantitative estimate of drug-likeness (QED) is 0.902. The van der Waals surface area contributed by atoms with Crippen LogP contribution >= 0.6 is 0 Å². The normalized spacial score (nSPS) is 12.1. The Morgan fingerprint density at radius 1 is 1.00 bits per heavy atom. The summed E-state index contributed by atoms with van der Waals surface area (Å²) in [6.45, 7) is 0. The van der Waals surface area contributed by atoms with E-state index in [9.17, 15) is 18.7 Å². The Hall–Kier alpha value is -2.23. The van der Waals surface area contributed by atoms with Crippen molar-refractivity contribution in [1.82, 2.24) is 0 Å². The molecule has 20 heavy (non-hydrogen) atoms. The Labute approximate surface area is 115 Å². The fourth-order valence-electron chi connectivity index (χ4n) is 2.18. The Morgan fingerprint density at radius 3 is 2.15 bits per heavy atom. The number of halogens is 2. The van der Waals surface area contributed by atoms with Gasteiger partial charge in [0.2, 0.25) is 0 Å². The van der Waals surface area contributed by atoms with Crippen molar-refractivity contribution < 1.29 is 18.7 Å². The minimum Gasteiger partial charge on any atom is -0.481 e. The van der Waals surface area contributed by atoms with Crippen LogP contribution in [0.15, 0.2) is 48.5 Å². The van der Waals surface area contributed by atoms with Crippen molar-refractivity contribution in [3.05, 3.63) is 71.3 Å². The maximum absolute atomic E-state index is 13.5. The van der Waals surface area contributed by atoms with Gasteiger partial charge in [0, 0.05) is 5.56 Å². The molecule has 1 unspecified atom stereocenters. The first-order valence-electron chi connectivity index (χ1n) is 6.30. The zero-order valence-electron chi connectivity index (χ0n) is 10.7. The van der Waals surface area contributed by atoms with E-state index in [1.807, 2.05) is 0 Å².